The molecule has 1 saturated carbocycles. The summed E-state index contributed by atoms with van der Waals surface area (Å²) in [5.74, 6) is 1.69. The number of para-hydroxylation sites is 1. The number of hydrogen-bond donors (Lipinski definition) is 2. The zero-order valence-electron chi connectivity index (χ0n) is 16.7. The van der Waals surface area contributed by atoms with Gasteiger partial charge in [0.05, 0.1) is 19.2 Å². The van der Waals surface area contributed by atoms with Crippen molar-refractivity contribution in [2.75, 3.05) is 26.2 Å². The number of rotatable bonds is 8. The van der Waals surface area contributed by atoms with E-state index in [9.17, 15) is 8.78 Å². The van der Waals surface area contributed by atoms with E-state index in [0.29, 0.717) is 25.7 Å². The molecule has 0 unspecified atom stereocenters. The Balaban J connectivity index is 1.54. The first-order chi connectivity index (χ1) is 13.6. The van der Waals surface area contributed by atoms with Crippen LogP contribution in [0.4, 0.5) is 8.78 Å². The predicted molar refractivity (Wildman–Crippen MR) is 108 cm³/mol. The summed E-state index contributed by atoms with van der Waals surface area (Å²) in [6.45, 7) is 4.62. The van der Waals surface area contributed by atoms with Gasteiger partial charge in [0.25, 0.3) is 6.43 Å². The van der Waals surface area contributed by atoms with E-state index in [4.69, 9.17) is 9.73 Å². The topological polar surface area (TPSA) is 48.9 Å². The predicted octanol–water partition coefficient (Wildman–Crippen LogP) is 3.40. The van der Waals surface area contributed by atoms with E-state index in [1.54, 1.807) is 0 Å². The van der Waals surface area contributed by atoms with Gasteiger partial charge >= 0.3 is 0 Å². The second kappa shape index (κ2) is 10.6. The maximum Gasteiger partial charge on any atom is 0.251 e. The molecule has 2 aliphatic rings. The molecule has 1 aromatic carbocycles. The second-order valence-electron chi connectivity index (χ2n) is 7.58. The molecule has 0 aromatic heterocycles. The van der Waals surface area contributed by atoms with Gasteiger partial charge < -0.3 is 15.4 Å². The monoisotopic (exact) mass is 394 g/mol. The van der Waals surface area contributed by atoms with Gasteiger partial charge in [0.15, 0.2) is 5.96 Å². The molecule has 0 bridgehead atoms. The average Bonchev–Trinajstić information content (AvgIpc) is 2.65. The Morgan fingerprint density at radius 2 is 1.96 bits per heavy atom. The fourth-order valence-electron chi connectivity index (χ4n) is 3.55. The number of ether oxygens (including phenoxy) is 1. The van der Waals surface area contributed by atoms with Gasteiger partial charge in [-0.3, -0.25) is 4.90 Å². The minimum Gasteiger partial charge on any atom is -0.490 e. The first-order valence-corrected chi connectivity index (χ1v) is 10.4. The van der Waals surface area contributed by atoms with Crippen LogP contribution in [0.15, 0.2) is 29.3 Å². The molecule has 1 heterocycles. The van der Waals surface area contributed by atoms with Crippen molar-refractivity contribution >= 4 is 5.96 Å². The van der Waals surface area contributed by atoms with Crippen LogP contribution in [0.2, 0.25) is 0 Å². The number of piperidine rings is 1. The van der Waals surface area contributed by atoms with E-state index in [1.165, 1.54) is 6.42 Å². The van der Waals surface area contributed by atoms with Crippen LogP contribution in [0.3, 0.4) is 0 Å². The molecule has 3 rings (SSSR count). The smallest absolute Gasteiger partial charge is 0.251 e. The lowest BCUT2D eigenvalue weighted by molar-refractivity contribution is 0.0744. The number of nitrogens with one attached hydrogen (secondary N) is 2. The number of likely N-dealkylation sites (tertiary alicyclic amines) is 1. The fraction of sp³-hybridized carbons (Fsp3) is 0.667. The SMILES string of the molecule is CCNC(=NCc1ccccc1OC1CCC1)NC1CCN(CC(F)F)CC1. The fourth-order valence-corrected chi connectivity index (χ4v) is 3.55. The molecule has 156 valence electrons. The number of hydrogen-bond acceptors (Lipinski definition) is 3. The Morgan fingerprint density at radius 3 is 2.61 bits per heavy atom. The summed E-state index contributed by atoms with van der Waals surface area (Å²) in [6, 6.07) is 8.34. The highest BCUT2D eigenvalue weighted by Gasteiger charge is 2.22. The molecule has 0 atom stereocenters. The molecule has 0 amide bonds. The Labute approximate surface area is 166 Å². The van der Waals surface area contributed by atoms with Gasteiger partial charge in [-0.05, 0) is 45.1 Å². The first kappa shape index (κ1) is 20.8. The third kappa shape index (κ3) is 6.33. The minimum absolute atomic E-state index is 0.126. The van der Waals surface area contributed by atoms with E-state index in [1.807, 2.05) is 30.0 Å². The maximum atomic E-state index is 12.5. The van der Waals surface area contributed by atoms with E-state index in [2.05, 4.69) is 16.7 Å². The zero-order chi connectivity index (χ0) is 19.8. The third-order valence-electron chi connectivity index (χ3n) is 5.39. The van der Waals surface area contributed by atoms with Crippen molar-refractivity contribution in [1.82, 2.24) is 15.5 Å². The number of aliphatic imine (C=N–C) groups is 1. The van der Waals surface area contributed by atoms with Crippen molar-refractivity contribution < 1.29 is 13.5 Å². The van der Waals surface area contributed by atoms with E-state index < -0.39 is 6.43 Å². The van der Waals surface area contributed by atoms with Crippen LogP contribution in [0.1, 0.15) is 44.6 Å². The van der Waals surface area contributed by atoms with Crippen molar-refractivity contribution in [2.45, 2.75) is 64.1 Å². The molecule has 1 saturated heterocycles. The minimum atomic E-state index is -2.26. The van der Waals surface area contributed by atoms with Crippen molar-refractivity contribution in [3.05, 3.63) is 29.8 Å². The quantitative estimate of drug-likeness (QED) is 0.524. The number of halogens is 2. The van der Waals surface area contributed by atoms with Crippen LogP contribution < -0.4 is 15.4 Å². The van der Waals surface area contributed by atoms with Gasteiger partial charge in [0, 0.05) is 31.2 Å². The van der Waals surface area contributed by atoms with Crippen LogP contribution in [0.25, 0.3) is 0 Å². The number of guanidine groups is 1. The molecule has 2 N–H and O–H groups in total. The lowest BCUT2D eigenvalue weighted by atomic mass is 9.96. The summed E-state index contributed by atoms with van der Waals surface area (Å²) < 4.78 is 31.2. The highest BCUT2D eigenvalue weighted by Crippen LogP contribution is 2.27. The molecule has 2 fully saturated rings. The number of benzene rings is 1. The zero-order valence-corrected chi connectivity index (χ0v) is 16.7. The van der Waals surface area contributed by atoms with Crippen molar-refractivity contribution in [1.29, 1.82) is 0 Å². The molecular weight excluding hydrogens is 362 g/mol. The van der Waals surface area contributed by atoms with Crippen LogP contribution in [-0.2, 0) is 6.54 Å². The molecule has 1 aliphatic heterocycles. The van der Waals surface area contributed by atoms with Crippen LogP contribution in [-0.4, -0.2) is 55.6 Å². The number of nitrogens with zero attached hydrogens (tertiary/aromatic N) is 2. The van der Waals surface area contributed by atoms with Gasteiger partial charge in [0.1, 0.15) is 5.75 Å². The van der Waals surface area contributed by atoms with Crippen molar-refractivity contribution in [3.8, 4) is 5.75 Å². The van der Waals surface area contributed by atoms with Gasteiger partial charge in [0.2, 0.25) is 0 Å². The van der Waals surface area contributed by atoms with Crippen molar-refractivity contribution in [2.24, 2.45) is 4.99 Å². The second-order valence-corrected chi connectivity index (χ2v) is 7.58. The lowest BCUT2D eigenvalue weighted by Crippen LogP contribution is -2.49. The van der Waals surface area contributed by atoms with Gasteiger partial charge in [-0.1, -0.05) is 18.2 Å². The van der Waals surface area contributed by atoms with Gasteiger partial charge in [-0.2, -0.15) is 0 Å². The summed E-state index contributed by atoms with van der Waals surface area (Å²) in [7, 11) is 0. The van der Waals surface area contributed by atoms with Crippen LogP contribution in [0.5, 0.6) is 5.75 Å². The van der Waals surface area contributed by atoms with E-state index in [-0.39, 0.29) is 12.6 Å². The van der Waals surface area contributed by atoms with E-state index in [0.717, 1.165) is 49.5 Å². The Bertz CT molecular complexity index is 629. The highest BCUT2D eigenvalue weighted by atomic mass is 19.3. The highest BCUT2D eigenvalue weighted by molar-refractivity contribution is 5.80. The van der Waals surface area contributed by atoms with Gasteiger partial charge in [-0.25, -0.2) is 13.8 Å². The summed E-state index contributed by atoms with van der Waals surface area (Å²) in [4.78, 5) is 6.57. The molecule has 7 heteroatoms. The number of alkyl halides is 2. The maximum absolute atomic E-state index is 12.5. The van der Waals surface area contributed by atoms with Crippen LogP contribution in [0, 0.1) is 0 Å². The Morgan fingerprint density at radius 1 is 1.21 bits per heavy atom. The first-order valence-electron chi connectivity index (χ1n) is 10.4. The summed E-state index contributed by atoms with van der Waals surface area (Å²) in [5, 5.41) is 6.76. The summed E-state index contributed by atoms with van der Waals surface area (Å²) in [5.41, 5.74) is 1.08. The molecule has 0 radical (unpaired) electrons. The summed E-state index contributed by atoms with van der Waals surface area (Å²) >= 11 is 0. The summed E-state index contributed by atoms with van der Waals surface area (Å²) in [6.07, 6.45) is 3.28. The average molecular weight is 395 g/mol. The van der Waals surface area contributed by atoms with Gasteiger partial charge in [-0.15, -0.1) is 0 Å². The molecule has 5 nitrogen and oxygen atoms in total. The van der Waals surface area contributed by atoms with E-state index >= 15 is 0 Å². The normalized spacial score (nSPS) is 19.5. The Kier molecular flexibility index (Phi) is 7.89. The molecule has 1 aliphatic carbocycles. The molecule has 0 spiro atoms. The molecular formula is C21H32F2N4O. The van der Waals surface area contributed by atoms with Crippen molar-refractivity contribution in [3.63, 3.8) is 0 Å². The Hall–Kier alpha value is -1.89. The third-order valence-corrected chi connectivity index (χ3v) is 5.39. The van der Waals surface area contributed by atoms with Crippen LogP contribution >= 0.6 is 0 Å². The lowest BCUT2D eigenvalue weighted by Gasteiger charge is -2.32. The molecule has 28 heavy (non-hydrogen) atoms. The standard InChI is InChI=1S/C21H32F2N4O/c1-2-24-21(26-17-10-12-27(13-11-17)15-20(22)23)25-14-16-6-3-4-9-19(16)28-18-7-5-8-18/h3-4,6,9,17-18,20H,2,5,7-8,10-15H2,1H3,(H2,24,25,26). The molecule has 1 aromatic rings. The largest absolute Gasteiger partial charge is 0.490 e.